The van der Waals surface area contributed by atoms with Crippen LogP contribution < -0.4 is 14.4 Å². The maximum Gasteiger partial charge on any atom is 0.307 e. The highest BCUT2D eigenvalue weighted by Crippen LogP contribution is 2.43. The number of hydrogen-bond donors (Lipinski definition) is 2. The molecule has 0 aromatic heterocycles. The fraction of sp³-hybridized carbons (Fsp3) is 0.207. The minimum absolute atomic E-state index is 0.0412. The normalized spacial score (nSPS) is 18.2. The summed E-state index contributed by atoms with van der Waals surface area (Å²) in [5.74, 6) is -1.89. The molecule has 5 rings (SSSR count). The molecular formula is C29H25NO7. The van der Waals surface area contributed by atoms with Gasteiger partial charge in [0.05, 0.1) is 18.0 Å². The molecule has 0 saturated carbocycles. The number of benzene rings is 3. The topological polar surface area (TPSA) is 113 Å². The second-order valence-electron chi connectivity index (χ2n) is 8.86. The molecule has 1 saturated heterocycles. The molecule has 3 aromatic carbocycles. The van der Waals surface area contributed by atoms with Crippen molar-refractivity contribution in [1.29, 1.82) is 0 Å². The lowest BCUT2D eigenvalue weighted by Crippen LogP contribution is -2.29. The molecule has 2 N–H and O–H groups in total. The van der Waals surface area contributed by atoms with E-state index in [0.717, 1.165) is 12.0 Å². The quantitative estimate of drug-likeness (QED) is 0.296. The summed E-state index contributed by atoms with van der Waals surface area (Å²) in [6.45, 7) is 2.81. The van der Waals surface area contributed by atoms with Crippen molar-refractivity contribution in [2.75, 3.05) is 18.1 Å². The number of hydrogen-bond acceptors (Lipinski definition) is 6. The van der Waals surface area contributed by atoms with Crippen molar-refractivity contribution < 1.29 is 34.1 Å². The van der Waals surface area contributed by atoms with Crippen molar-refractivity contribution in [3.05, 3.63) is 94.6 Å². The summed E-state index contributed by atoms with van der Waals surface area (Å²) in [6, 6.07) is 18.0. The molecule has 8 nitrogen and oxygen atoms in total. The Hall–Kier alpha value is -4.59. The van der Waals surface area contributed by atoms with Gasteiger partial charge in [0.1, 0.15) is 19.0 Å². The lowest BCUT2D eigenvalue weighted by molar-refractivity contribution is -0.136. The fourth-order valence-electron chi connectivity index (χ4n) is 4.65. The third-order valence-corrected chi connectivity index (χ3v) is 6.53. The average Bonchev–Trinajstić information content (AvgIpc) is 3.18. The molecular weight excluding hydrogens is 474 g/mol. The molecule has 1 unspecified atom stereocenters. The Morgan fingerprint density at radius 1 is 0.892 bits per heavy atom. The van der Waals surface area contributed by atoms with Crippen molar-refractivity contribution in [3.8, 4) is 11.5 Å². The van der Waals surface area contributed by atoms with Gasteiger partial charge in [0.25, 0.3) is 11.7 Å². The third-order valence-electron chi connectivity index (χ3n) is 6.53. The summed E-state index contributed by atoms with van der Waals surface area (Å²) in [5.41, 5.74) is 3.01. The molecule has 37 heavy (non-hydrogen) atoms. The number of ether oxygens (including phenoxy) is 2. The van der Waals surface area contributed by atoms with Crippen LogP contribution in [-0.4, -0.2) is 41.1 Å². The summed E-state index contributed by atoms with van der Waals surface area (Å²) in [7, 11) is 0. The largest absolute Gasteiger partial charge is 0.507 e. The van der Waals surface area contributed by atoms with Crippen LogP contribution in [0.2, 0.25) is 0 Å². The number of Topliss-reactive ketones (excluding diaryl/α,β-unsaturated/α-hetero) is 1. The van der Waals surface area contributed by atoms with E-state index in [1.165, 1.54) is 4.90 Å². The van der Waals surface area contributed by atoms with Crippen LogP contribution in [0.5, 0.6) is 11.5 Å². The van der Waals surface area contributed by atoms with Gasteiger partial charge in [-0.25, -0.2) is 0 Å². The smallest absolute Gasteiger partial charge is 0.307 e. The second-order valence-corrected chi connectivity index (χ2v) is 8.86. The number of fused-ring (bicyclic) bond motifs is 1. The minimum Gasteiger partial charge on any atom is -0.507 e. The summed E-state index contributed by atoms with van der Waals surface area (Å²) in [4.78, 5) is 39.1. The number of carbonyl (C=O) groups excluding carboxylic acids is 2. The zero-order valence-electron chi connectivity index (χ0n) is 20.1. The number of carboxylic acids is 1. The summed E-state index contributed by atoms with van der Waals surface area (Å²) >= 11 is 0. The number of nitrogens with zero attached hydrogens (tertiary/aromatic N) is 1. The lowest BCUT2D eigenvalue weighted by atomic mass is 9.94. The van der Waals surface area contributed by atoms with Gasteiger partial charge < -0.3 is 19.7 Å². The van der Waals surface area contributed by atoms with Gasteiger partial charge in [-0.2, -0.15) is 0 Å². The zero-order valence-corrected chi connectivity index (χ0v) is 20.1. The Balaban J connectivity index is 1.63. The van der Waals surface area contributed by atoms with Crippen LogP contribution in [0.4, 0.5) is 5.69 Å². The SMILES string of the molecule is CCc1ccc(C2/C(=C(/O)c3ccc4c(c3)OCCO4)C(=O)C(=O)N2c2ccc(CC(=O)O)cc2)cc1. The lowest BCUT2D eigenvalue weighted by Gasteiger charge is -2.26. The monoisotopic (exact) mass is 499 g/mol. The number of carboxylic acid groups (broad SMARTS) is 1. The van der Waals surface area contributed by atoms with E-state index in [1.54, 1.807) is 42.5 Å². The molecule has 1 atom stereocenters. The maximum atomic E-state index is 13.4. The summed E-state index contributed by atoms with van der Waals surface area (Å²) < 4.78 is 11.2. The van der Waals surface area contributed by atoms with Crippen molar-refractivity contribution in [2.24, 2.45) is 0 Å². The van der Waals surface area contributed by atoms with Crippen LogP contribution in [0, 0.1) is 0 Å². The Kier molecular flexibility index (Phi) is 6.40. The molecule has 2 aliphatic rings. The van der Waals surface area contributed by atoms with Crippen molar-refractivity contribution in [1.82, 2.24) is 0 Å². The molecule has 1 fully saturated rings. The molecule has 2 aliphatic heterocycles. The van der Waals surface area contributed by atoms with Gasteiger partial charge in [0.15, 0.2) is 11.5 Å². The molecule has 8 heteroatoms. The number of ketones is 1. The highest BCUT2D eigenvalue weighted by molar-refractivity contribution is 6.51. The highest BCUT2D eigenvalue weighted by Gasteiger charge is 2.47. The Labute approximate surface area is 213 Å². The van der Waals surface area contributed by atoms with Crippen LogP contribution in [-0.2, 0) is 27.2 Å². The van der Waals surface area contributed by atoms with Gasteiger partial charge in [-0.15, -0.1) is 0 Å². The predicted octanol–water partition coefficient (Wildman–Crippen LogP) is 4.27. The predicted molar refractivity (Wildman–Crippen MR) is 136 cm³/mol. The first-order valence-electron chi connectivity index (χ1n) is 12.0. The molecule has 2 heterocycles. The molecule has 0 spiro atoms. The Morgan fingerprint density at radius 3 is 2.19 bits per heavy atom. The van der Waals surface area contributed by atoms with Gasteiger partial charge in [-0.05, 0) is 53.4 Å². The standard InChI is InChI=1S/C29H25NO7/c1-2-17-3-7-19(8-4-17)26-25(27(33)20-9-12-22-23(16-20)37-14-13-36-22)28(34)29(35)30(26)21-10-5-18(6-11-21)15-24(31)32/h3-12,16,26,33H,2,13-15H2,1H3,(H,31,32)/b27-25-. The first-order chi connectivity index (χ1) is 17.9. The number of amides is 1. The summed E-state index contributed by atoms with van der Waals surface area (Å²) in [5, 5.41) is 20.4. The second kappa shape index (κ2) is 9.81. The van der Waals surface area contributed by atoms with Crippen molar-refractivity contribution in [3.63, 3.8) is 0 Å². The Morgan fingerprint density at radius 2 is 1.54 bits per heavy atom. The van der Waals surface area contributed by atoms with Gasteiger partial charge in [0.2, 0.25) is 0 Å². The number of carbonyl (C=O) groups is 3. The van der Waals surface area contributed by atoms with E-state index in [2.05, 4.69) is 0 Å². The van der Waals surface area contributed by atoms with Crippen LogP contribution >= 0.6 is 0 Å². The van der Waals surface area contributed by atoms with Gasteiger partial charge >= 0.3 is 5.97 Å². The molecule has 0 radical (unpaired) electrons. The van der Waals surface area contributed by atoms with E-state index in [9.17, 15) is 19.5 Å². The van der Waals surface area contributed by atoms with Crippen LogP contribution in [0.25, 0.3) is 5.76 Å². The summed E-state index contributed by atoms with van der Waals surface area (Å²) in [6.07, 6.45) is 0.661. The molecule has 3 aromatic rings. The minimum atomic E-state index is -0.969. The molecule has 0 aliphatic carbocycles. The van der Waals surface area contributed by atoms with Crippen molar-refractivity contribution in [2.45, 2.75) is 25.8 Å². The number of rotatable bonds is 6. The zero-order chi connectivity index (χ0) is 26.1. The van der Waals surface area contributed by atoms with E-state index in [1.807, 2.05) is 31.2 Å². The first kappa shape index (κ1) is 24.1. The van der Waals surface area contributed by atoms with E-state index in [-0.39, 0.29) is 17.8 Å². The van der Waals surface area contributed by atoms with Crippen molar-refractivity contribution >= 4 is 29.1 Å². The maximum absolute atomic E-state index is 13.4. The van der Waals surface area contributed by atoms with E-state index in [4.69, 9.17) is 14.6 Å². The number of anilines is 1. The van der Waals surface area contributed by atoms with Crippen LogP contribution in [0.15, 0.2) is 72.3 Å². The van der Waals surface area contributed by atoms with Crippen LogP contribution in [0.3, 0.4) is 0 Å². The van der Waals surface area contributed by atoms with E-state index >= 15 is 0 Å². The van der Waals surface area contributed by atoms with E-state index in [0.29, 0.717) is 47.1 Å². The molecule has 0 bridgehead atoms. The number of aliphatic carboxylic acids is 1. The third kappa shape index (κ3) is 4.53. The number of aryl methyl sites for hydroxylation is 1. The first-order valence-corrected chi connectivity index (χ1v) is 12.0. The number of aliphatic hydroxyl groups is 1. The van der Waals surface area contributed by atoms with Gasteiger partial charge in [-0.1, -0.05) is 43.3 Å². The fourth-order valence-corrected chi connectivity index (χ4v) is 4.65. The Bertz CT molecular complexity index is 1410. The molecule has 188 valence electrons. The highest BCUT2D eigenvalue weighted by atomic mass is 16.6. The number of aliphatic hydroxyl groups excluding tert-OH is 1. The van der Waals surface area contributed by atoms with Gasteiger partial charge in [-0.3, -0.25) is 19.3 Å². The van der Waals surface area contributed by atoms with Gasteiger partial charge in [0, 0.05) is 11.3 Å². The van der Waals surface area contributed by atoms with Crippen LogP contribution in [0.1, 0.15) is 35.2 Å². The molecule has 1 amide bonds. The van der Waals surface area contributed by atoms with E-state index < -0.39 is 23.7 Å². The average molecular weight is 500 g/mol.